The fraction of sp³-hybridized carbons (Fsp3) is 0.300. The number of anilines is 2. The second kappa shape index (κ2) is 7.17. The van der Waals surface area contributed by atoms with E-state index in [0.29, 0.717) is 41.7 Å². The molecule has 8 nitrogen and oxygen atoms in total. The van der Waals surface area contributed by atoms with Gasteiger partial charge in [-0.2, -0.15) is 8.42 Å². The molecule has 30 heavy (non-hydrogen) atoms. The van der Waals surface area contributed by atoms with Crippen LogP contribution in [0.2, 0.25) is 5.02 Å². The maximum Gasteiger partial charge on any atom is 0.286 e. The zero-order chi connectivity index (χ0) is 20.9. The Kier molecular flexibility index (Phi) is 4.59. The molecule has 156 valence electrons. The third-order valence-electron chi connectivity index (χ3n) is 5.31. The van der Waals surface area contributed by atoms with Crippen molar-refractivity contribution < 1.29 is 22.7 Å². The number of hydrogen-bond acceptors (Lipinski definition) is 6. The van der Waals surface area contributed by atoms with Crippen LogP contribution in [0.15, 0.2) is 39.6 Å². The SMILES string of the molecule is O=C(Nc1ccc2c(c1)OCO2)c1cc2c(cc1Cl)N1CCCCCC1=NS2(=O)=O. The van der Waals surface area contributed by atoms with Crippen LogP contribution in [0.5, 0.6) is 11.5 Å². The van der Waals surface area contributed by atoms with E-state index in [1.54, 1.807) is 24.3 Å². The third kappa shape index (κ3) is 3.27. The molecule has 0 spiro atoms. The first kappa shape index (κ1) is 19.2. The molecular formula is C20H18ClN3O5S. The number of sulfonamides is 1. The van der Waals surface area contributed by atoms with Gasteiger partial charge in [-0.1, -0.05) is 18.0 Å². The van der Waals surface area contributed by atoms with Gasteiger partial charge in [0.25, 0.3) is 15.9 Å². The van der Waals surface area contributed by atoms with Gasteiger partial charge in [0.05, 0.1) is 16.3 Å². The van der Waals surface area contributed by atoms with Crippen molar-refractivity contribution in [3.63, 3.8) is 0 Å². The van der Waals surface area contributed by atoms with E-state index in [4.69, 9.17) is 21.1 Å². The van der Waals surface area contributed by atoms with Gasteiger partial charge >= 0.3 is 0 Å². The fourth-order valence-electron chi connectivity index (χ4n) is 3.84. The molecule has 0 atom stereocenters. The number of ether oxygens (including phenoxy) is 2. The van der Waals surface area contributed by atoms with Crippen molar-refractivity contribution in [1.82, 2.24) is 0 Å². The van der Waals surface area contributed by atoms with E-state index in [1.807, 2.05) is 4.90 Å². The summed E-state index contributed by atoms with van der Waals surface area (Å²) < 4.78 is 40.2. The van der Waals surface area contributed by atoms with Crippen molar-refractivity contribution >= 4 is 44.7 Å². The van der Waals surface area contributed by atoms with Crippen molar-refractivity contribution in [2.75, 3.05) is 23.6 Å². The summed E-state index contributed by atoms with van der Waals surface area (Å²) in [5.74, 6) is 1.13. The molecule has 0 bridgehead atoms. The number of fused-ring (bicyclic) bond motifs is 4. The number of nitrogens with one attached hydrogen (secondary N) is 1. The predicted octanol–water partition coefficient (Wildman–Crippen LogP) is 3.80. The molecule has 3 aliphatic rings. The second-order valence-electron chi connectivity index (χ2n) is 7.27. The van der Waals surface area contributed by atoms with E-state index in [1.165, 1.54) is 6.07 Å². The summed E-state index contributed by atoms with van der Waals surface area (Å²) in [6.45, 7) is 0.792. The number of benzene rings is 2. The Bertz CT molecular complexity index is 1200. The zero-order valence-electron chi connectivity index (χ0n) is 15.9. The van der Waals surface area contributed by atoms with E-state index in [0.717, 1.165) is 19.3 Å². The molecule has 1 N–H and O–H groups in total. The number of amides is 1. The van der Waals surface area contributed by atoms with Crippen LogP contribution >= 0.6 is 11.6 Å². The van der Waals surface area contributed by atoms with Crippen LogP contribution < -0.4 is 19.7 Å². The average molecular weight is 448 g/mol. The van der Waals surface area contributed by atoms with Crippen LogP contribution in [-0.2, 0) is 10.0 Å². The lowest BCUT2D eigenvalue weighted by molar-refractivity contribution is 0.102. The largest absolute Gasteiger partial charge is 0.454 e. The highest BCUT2D eigenvalue weighted by molar-refractivity contribution is 7.90. The van der Waals surface area contributed by atoms with Crippen LogP contribution in [0, 0.1) is 0 Å². The molecule has 1 amide bonds. The topological polar surface area (TPSA) is 97.3 Å². The Morgan fingerprint density at radius 2 is 1.93 bits per heavy atom. The summed E-state index contributed by atoms with van der Waals surface area (Å²) >= 11 is 6.41. The van der Waals surface area contributed by atoms with Crippen molar-refractivity contribution in [2.45, 2.75) is 30.6 Å². The van der Waals surface area contributed by atoms with Gasteiger partial charge in [-0.05, 0) is 37.1 Å². The highest BCUT2D eigenvalue weighted by Gasteiger charge is 2.33. The average Bonchev–Trinajstić information content (AvgIpc) is 3.04. The molecule has 3 heterocycles. The third-order valence-corrected chi connectivity index (χ3v) is 6.96. The summed E-state index contributed by atoms with van der Waals surface area (Å²) in [6, 6.07) is 7.84. The molecule has 5 rings (SSSR count). The van der Waals surface area contributed by atoms with E-state index in [9.17, 15) is 13.2 Å². The normalized spacial score (nSPS) is 18.7. The highest BCUT2D eigenvalue weighted by Crippen LogP contribution is 2.38. The lowest BCUT2D eigenvalue weighted by atomic mass is 10.1. The molecule has 1 fully saturated rings. The first-order valence-corrected chi connectivity index (χ1v) is 11.4. The number of hydrogen-bond donors (Lipinski definition) is 1. The minimum absolute atomic E-state index is 0.00612. The minimum Gasteiger partial charge on any atom is -0.454 e. The van der Waals surface area contributed by atoms with Crippen LogP contribution in [0.4, 0.5) is 11.4 Å². The van der Waals surface area contributed by atoms with Gasteiger partial charge < -0.3 is 19.7 Å². The lowest BCUT2D eigenvalue weighted by Crippen LogP contribution is -2.35. The minimum atomic E-state index is -3.91. The first-order valence-electron chi connectivity index (χ1n) is 9.58. The molecule has 3 aliphatic heterocycles. The Labute approximate surface area is 178 Å². The summed E-state index contributed by atoms with van der Waals surface area (Å²) in [4.78, 5) is 14.7. The van der Waals surface area contributed by atoms with Crippen LogP contribution in [0.3, 0.4) is 0 Å². The van der Waals surface area contributed by atoms with E-state index < -0.39 is 15.9 Å². The fourth-order valence-corrected chi connectivity index (χ4v) is 5.35. The number of nitrogens with zero attached hydrogens (tertiary/aromatic N) is 2. The van der Waals surface area contributed by atoms with Crippen molar-refractivity contribution in [1.29, 1.82) is 0 Å². The monoisotopic (exact) mass is 447 g/mol. The molecular weight excluding hydrogens is 430 g/mol. The van der Waals surface area contributed by atoms with Gasteiger partial charge in [-0.15, -0.1) is 4.40 Å². The quantitative estimate of drug-likeness (QED) is 0.752. The number of carbonyl (C=O) groups excluding carboxylic acids is 1. The Hall–Kier alpha value is -2.78. The predicted molar refractivity (Wildman–Crippen MR) is 112 cm³/mol. The molecule has 2 aromatic rings. The molecule has 0 radical (unpaired) electrons. The maximum absolute atomic E-state index is 12.9. The molecule has 0 saturated carbocycles. The van der Waals surface area contributed by atoms with Crippen molar-refractivity contribution in [3.8, 4) is 11.5 Å². The molecule has 10 heteroatoms. The van der Waals surface area contributed by atoms with E-state index in [-0.39, 0.29) is 22.3 Å². The second-order valence-corrected chi connectivity index (χ2v) is 9.25. The zero-order valence-corrected chi connectivity index (χ0v) is 17.4. The van der Waals surface area contributed by atoms with Gasteiger partial charge in [-0.25, -0.2) is 0 Å². The standard InChI is InChI=1S/C20H18ClN3O5S/c21-14-10-15-18(30(26,27)23-19-4-2-1-3-7-24(15)19)9-13(14)20(25)22-12-5-6-16-17(8-12)29-11-28-16/h5-6,8-10H,1-4,7,11H2,(H,22,25). The van der Waals surface area contributed by atoms with Crippen LogP contribution in [0.1, 0.15) is 36.0 Å². The van der Waals surface area contributed by atoms with Gasteiger partial charge in [-0.3, -0.25) is 4.79 Å². The molecule has 2 aromatic carbocycles. The van der Waals surface area contributed by atoms with Gasteiger partial charge in [0.15, 0.2) is 11.5 Å². The Balaban J connectivity index is 1.50. The van der Waals surface area contributed by atoms with Gasteiger partial charge in [0.1, 0.15) is 10.7 Å². The number of halogens is 1. The number of carbonyl (C=O) groups is 1. The molecule has 0 unspecified atom stereocenters. The smallest absolute Gasteiger partial charge is 0.286 e. The van der Waals surface area contributed by atoms with Gasteiger partial charge in [0, 0.05) is 24.7 Å². The van der Waals surface area contributed by atoms with Crippen LogP contribution in [-0.4, -0.2) is 33.5 Å². The molecule has 0 aliphatic carbocycles. The first-order chi connectivity index (χ1) is 14.4. The molecule has 1 saturated heterocycles. The van der Waals surface area contributed by atoms with Crippen LogP contribution in [0.25, 0.3) is 0 Å². The van der Waals surface area contributed by atoms with Crippen molar-refractivity contribution in [3.05, 3.63) is 40.9 Å². The summed E-state index contributed by atoms with van der Waals surface area (Å²) in [6.07, 6.45) is 3.43. The summed E-state index contributed by atoms with van der Waals surface area (Å²) in [5.41, 5.74) is 1.02. The Morgan fingerprint density at radius 3 is 2.80 bits per heavy atom. The van der Waals surface area contributed by atoms with Crippen molar-refractivity contribution in [2.24, 2.45) is 4.40 Å². The maximum atomic E-state index is 12.9. The Morgan fingerprint density at radius 1 is 1.10 bits per heavy atom. The van der Waals surface area contributed by atoms with E-state index in [2.05, 4.69) is 9.71 Å². The van der Waals surface area contributed by atoms with E-state index >= 15 is 0 Å². The number of rotatable bonds is 2. The summed E-state index contributed by atoms with van der Waals surface area (Å²) in [5, 5.41) is 2.90. The number of amidine groups is 1. The summed E-state index contributed by atoms with van der Waals surface area (Å²) in [7, 11) is -3.91. The van der Waals surface area contributed by atoms with Gasteiger partial charge in [0.2, 0.25) is 6.79 Å². The molecule has 0 aromatic heterocycles. The lowest BCUT2D eigenvalue weighted by Gasteiger charge is -2.30. The highest BCUT2D eigenvalue weighted by atomic mass is 35.5.